The van der Waals surface area contributed by atoms with Gasteiger partial charge >= 0.3 is 93.4 Å². The summed E-state index contributed by atoms with van der Waals surface area (Å²) in [7, 11) is 0. The summed E-state index contributed by atoms with van der Waals surface area (Å²) in [5, 5.41) is 34.4. The molecule has 0 spiro atoms. The normalized spacial score (nSPS) is 11.1. The molecule has 0 aromatic rings. The van der Waals surface area contributed by atoms with Crippen molar-refractivity contribution in [2.45, 2.75) is 152 Å². The molecule has 9 heteroatoms. The van der Waals surface area contributed by atoms with Gasteiger partial charge in [0.05, 0.1) is 0 Å². The SMILES string of the molecule is CCCCCCCC/C(=C/C(=O)O)C(=O)O.CCCCCCCC/C(=C/C(=O)O)C(=O)O.CCC[CH2][Sn][CH2]CCC. The van der Waals surface area contributed by atoms with Crippen molar-refractivity contribution < 1.29 is 39.6 Å². The van der Waals surface area contributed by atoms with Crippen molar-refractivity contribution in [1.29, 1.82) is 0 Å². The van der Waals surface area contributed by atoms with Crippen LogP contribution in [0.15, 0.2) is 23.3 Å². The Bertz CT molecular complexity index is 671. The number of carbonyl (C=O) groups is 4. The molecular weight excluding hydrogens is 631 g/mol. The number of hydrogen-bond donors (Lipinski definition) is 4. The molecular formula is C32H58O8Sn. The van der Waals surface area contributed by atoms with E-state index in [4.69, 9.17) is 20.4 Å². The quantitative estimate of drug-likeness (QED) is 0.0446. The van der Waals surface area contributed by atoms with Gasteiger partial charge < -0.3 is 20.4 Å². The van der Waals surface area contributed by atoms with E-state index in [0.29, 0.717) is 12.8 Å². The first-order chi connectivity index (χ1) is 19.6. The number of hydrogen-bond acceptors (Lipinski definition) is 4. The maximum absolute atomic E-state index is 10.7. The van der Waals surface area contributed by atoms with Gasteiger partial charge in [-0.3, -0.25) is 0 Å². The Morgan fingerprint density at radius 3 is 1.02 bits per heavy atom. The molecule has 238 valence electrons. The predicted molar refractivity (Wildman–Crippen MR) is 168 cm³/mol. The molecule has 0 aliphatic rings. The molecule has 0 aliphatic heterocycles. The van der Waals surface area contributed by atoms with E-state index in [1.807, 2.05) is 0 Å². The summed E-state index contributed by atoms with van der Waals surface area (Å²) in [5.74, 6) is -4.64. The van der Waals surface area contributed by atoms with E-state index in [0.717, 1.165) is 50.7 Å². The Balaban J connectivity index is -0.000000551. The van der Waals surface area contributed by atoms with Crippen molar-refractivity contribution in [2.75, 3.05) is 0 Å². The second-order valence-electron chi connectivity index (χ2n) is 10.1. The van der Waals surface area contributed by atoms with Gasteiger partial charge in [0.25, 0.3) is 0 Å². The number of aliphatic carboxylic acids is 4. The summed E-state index contributed by atoms with van der Waals surface area (Å²) < 4.78 is 3.25. The molecule has 2 radical (unpaired) electrons. The minimum absolute atomic E-state index is 0.0111. The van der Waals surface area contributed by atoms with Gasteiger partial charge in [0, 0.05) is 23.3 Å². The summed E-state index contributed by atoms with van der Waals surface area (Å²) in [4.78, 5) is 42.0. The zero-order chi connectivity index (χ0) is 31.7. The van der Waals surface area contributed by atoms with Crippen LogP contribution in [0.25, 0.3) is 0 Å². The summed E-state index contributed by atoms with van der Waals surface area (Å²) in [6.45, 7) is 8.86. The van der Waals surface area contributed by atoms with Gasteiger partial charge in [0.15, 0.2) is 0 Å². The van der Waals surface area contributed by atoms with E-state index in [9.17, 15) is 19.2 Å². The molecule has 0 rings (SSSR count). The second kappa shape index (κ2) is 34.4. The van der Waals surface area contributed by atoms with Crippen LogP contribution in [0.4, 0.5) is 0 Å². The van der Waals surface area contributed by atoms with Crippen LogP contribution < -0.4 is 0 Å². The number of carboxylic acid groups (broad SMARTS) is 4. The summed E-state index contributed by atoms with van der Waals surface area (Å²) >= 11 is 0.149. The van der Waals surface area contributed by atoms with E-state index in [1.165, 1.54) is 64.2 Å². The van der Waals surface area contributed by atoms with Gasteiger partial charge in [-0.15, -0.1) is 0 Å². The zero-order valence-electron chi connectivity index (χ0n) is 26.2. The standard InChI is InChI=1S/2C12H20O4.2C4H9.Sn/c2*1-2-3-4-5-6-7-8-10(12(15)16)9-11(13)14;2*1-3-4-2;/h2*9H,2-8H2,1H3,(H,13,14)(H,15,16);2*1,3-4H2,2H3;/b2*10-9-;;;. The Morgan fingerprint density at radius 2 is 0.756 bits per heavy atom. The van der Waals surface area contributed by atoms with Gasteiger partial charge in [0.1, 0.15) is 0 Å². The molecule has 0 amide bonds. The van der Waals surface area contributed by atoms with E-state index in [1.54, 1.807) is 8.87 Å². The fraction of sp³-hybridized carbons (Fsp3) is 0.750. The van der Waals surface area contributed by atoms with Crippen molar-refractivity contribution in [2.24, 2.45) is 0 Å². The third-order valence-corrected chi connectivity index (χ3v) is 10.2. The monoisotopic (exact) mass is 690 g/mol. The first-order valence-corrected chi connectivity index (χ1v) is 19.6. The third kappa shape index (κ3) is 38.2. The van der Waals surface area contributed by atoms with Crippen LogP contribution in [0.3, 0.4) is 0 Å². The van der Waals surface area contributed by atoms with Gasteiger partial charge in [-0.1, -0.05) is 78.1 Å². The molecule has 0 saturated carbocycles. The fourth-order valence-electron chi connectivity index (χ4n) is 3.70. The Morgan fingerprint density at radius 1 is 0.463 bits per heavy atom. The van der Waals surface area contributed by atoms with Crippen molar-refractivity contribution >= 4 is 45.0 Å². The van der Waals surface area contributed by atoms with Crippen LogP contribution in [0, 0.1) is 0 Å². The molecule has 4 N–H and O–H groups in total. The Labute approximate surface area is 259 Å². The second-order valence-corrected chi connectivity index (χ2v) is 14.4. The van der Waals surface area contributed by atoms with E-state index >= 15 is 0 Å². The number of rotatable bonds is 24. The Kier molecular flexibility index (Phi) is 36.5. The van der Waals surface area contributed by atoms with Crippen LogP contribution in [0.1, 0.15) is 143 Å². The zero-order valence-corrected chi connectivity index (χ0v) is 29.1. The number of unbranched alkanes of at least 4 members (excludes halogenated alkanes) is 12. The van der Waals surface area contributed by atoms with E-state index in [2.05, 4.69) is 27.7 Å². The molecule has 0 aliphatic carbocycles. The minimum atomic E-state index is -1.19. The molecule has 0 heterocycles. The average molecular weight is 690 g/mol. The van der Waals surface area contributed by atoms with Crippen LogP contribution >= 0.6 is 0 Å². The van der Waals surface area contributed by atoms with Crippen molar-refractivity contribution in [3.8, 4) is 0 Å². The molecule has 0 bridgehead atoms. The third-order valence-electron chi connectivity index (χ3n) is 6.16. The maximum atomic E-state index is 10.7. The molecule has 0 fully saturated rings. The van der Waals surface area contributed by atoms with Crippen LogP contribution in [-0.4, -0.2) is 65.4 Å². The molecule has 41 heavy (non-hydrogen) atoms. The van der Waals surface area contributed by atoms with Crippen LogP contribution in [0.5, 0.6) is 0 Å². The first-order valence-electron chi connectivity index (χ1n) is 15.6. The molecule has 0 atom stereocenters. The Hall–Kier alpha value is -1.84. The molecule has 0 aromatic heterocycles. The van der Waals surface area contributed by atoms with Crippen molar-refractivity contribution in [3.63, 3.8) is 0 Å². The van der Waals surface area contributed by atoms with E-state index in [-0.39, 0.29) is 32.3 Å². The van der Waals surface area contributed by atoms with Crippen LogP contribution in [-0.2, 0) is 19.2 Å². The van der Waals surface area contributed by atoms with Gasteiger partial charge in [-0.2, -0.15) is 0 Å². The molecule has 0 saturated heterocycles. The van der Waals surface area contributed by atoms with Crippen molar-refractivity contribution in [3.05, 3.63) is 23.3 Å². The van der Waals surface area contributed by atoms with E-state index < -0.39 is 23.9 Å². The predicted octanol–water partition coefficient (Wildman–Crippen LogP) is 8.79. The first kappa shape index (κ1) is 43.6. The summed E-state index contributed by atoms with van der Waals surface area (Å²) in [6.07, 6.45) is 20.8. The summed E-state index contributed by atoms with van der Waals surface area (Å²) in [6, 6.07) is 0. The summed E-state index contributed by atoms with van der Waals surface area (Å²) in [5.41, 5.74) is -0.0222. The van der Waals surface area contributed by atoms with Crippen LogP contribution in [0.2, 0.25) is 8.87 Å². The van der Waals surface area contributed by atoms with Crippen molar-refractivity contribution in [1.82, 2.24) is 0 Å². The van der Waals surface area contributed by atoms with Gasteiger partial charge in [0.2, 0.25) is 0 Å². The number of carboxylic acids is 4. The van der Waals surface area contributed by atoms with Gasteiger partial charge in [-0.05, 0) is 25.7 Å². The molecule has 8 nitrogen and oxygen atoms in total. The molecule has 0 unspecified atom stereocenters. The average Bonchev–Trinajstić information content (AvgIpc) is 2.91. The van der Waals surface area contributed by atoms with Gasteiger partial charge in [-0.25, -0.2) is 19.2 Å². The topological polar surface area (TPSA) is 149 Å². The fourth-order valence-corrected chi connectivity index (χ4v) is 7.86. The molecule has 0 aromatic carbocycles.